The lowest BCUT2D eigenvalue weighted by Crippen LogP contribution is -2.31. The van der Waals surface area contributed by atoms with Gasteiger partial charge < -0.3 is 9.88 Å². The zero-order valence-electron chi connectivity index (χ0n) is 12.0. The number of nitrogens with one attached hydrogen (secondary N) is 1. The molecule has 1 atom stereocenters. The molecule has 1 N–H and O–H groups in total. The summed E-state index contributed by atoms with van der Waals surface area (Å²) in [7, 11) is 2.04. The standard InChI is InChI=1S/C15H23N3S/c1-4-18-14-9-7-6-8-13(14)17-15(18)10-12(16-3)11-19-5-2/h6-9,12,16H,4-5,10-11H2,1-3H3. The Hall–Kier alpha value is -1.00. The first-order chi connectivity index (χ1) is 9.30. The van der Waals surface area contributed by atoms with Gasteiger partial charge in [0.25, 0.3) is 0 Å². The van der Waals surface area contributed by atoms with Crippen LogP contribution in [-0.4, -0.2) is 34.1 Å². The second-order valence-corrected chi connectivity index (χ2v) is 5.93. The molecule has 1 aromatic heterocycles. The van der Waals surface area contributed by atoms with Crippen molar-refractivity contribution in [3.63, 3.8) is 0 Å². The van der Waals surface area contributed by atoms with Gasteiger partial charge in [-0.05, 0) is 31.9 Å². The molecule has 0 aliphatic carbocycles. The van der Waals surface area contributed by atoms with Gasteiger partial charge in [-0.15, -0.1) is 0 Å². The molecule has 0 aliphatic rings. The van der Waals surface area contributed by atoms with Crippen molar-refractivity contribution < 1.29 is 0 Å². The number of hydrogen-bond donors (Lipinski definition) is 1. The first-order valence-electron chi connectivity index (χ1n) is 6.99. The Morgan fingerprint density at radius 1 is 1.32 bits per heavy atom. The third-order valence-corrected chi connectivity index (χ3v) is 4.46. The summed E-state index contributed by atoms with van der Waals surface area (Å²) >= 11 is 1.98. The average Bonchev–Trinajstić information content (AvgIpc) is 2.80. The van der Waals surface area contributed by atoms with E-state index in [1.807, 2.05) is 18.8 Å². The van der Waals surface area contributed by atoms with Gasteiger partial charge in [-0.25, -0.2) is 4.98 Å². The smallest absolute Gasteiger partial charge is 0.111 e. The van der Waals surface area contributed by atoms with E-state index in [4.69, 9.17) is 4.98 Å². The highest BCUT2D eigenvalue weighted by Gasteiger charge is 2.14. The number of fused-ring (bicyclic) bond motifs is 1. The Morgan fingerprint density at radius 2 is 2.11 bits per heavy atom. The molecule has 2 rings (SSSR count). The van der Waals surface area contributed by atoms with Crippen LogP contribution in [0.15, 0.2) is 24.3 Å². The Kier molecular flexibility index (Phi) is 5.28. The maximum atomic E-state index is 4.79. The van der Waals surface area contributed by atoms with E-state index in [-0.39, 0.29) is 0 Å². The Labute approximate surface area is 119 Å². The highest BCUT2D eigenvalue weighted by Crippen LogP contribution is 2.17. The van der Waals surface area contributed by atoms with Gasteiger partial charge in [-0.2, -0.15) is 11.8 Å². The second-order valence-electron chi connectivity index (χ2n) is 4.61. The lowest BCUT2D eigenvalue weighted by atomic mass is 10.2. The van der Waals surface area contributed by atoms with Crippen molar-refractivity contribution in [3.05, 3.63) is 30.1 Å². The molecule has 0 bridgehead atoms. The molecule has 1 unspecified atom stereocenters. The molecule has 1 heterocycles. The zero-order valence-corrected chi connectivity index (χ0v) is 12.8. The van der Waals surface area contributed by atoms with Crippen LogP contribution in [0.1, 0.15) is 19.7 Å². The molecule has 1 aromatic carbocycles. The van der Waals surface area contributed by atoms with Crippen molar-refractivity contribution in [2.45, 2.75) is 32.9 Å². The first-order valence-corrected chi connectivity index (χ1v) is 8.14. The van der Waals surface area contributed by atoms with Crippen molar-refractivity contribution in [1.29, 1.82) is 0 Å². The van der Waals surface area contributed by atoms with Crippen molar-refractivity contribution in [3.8, 4) is 0 Å². The average molecular weight is 277 g/mol. The minimum absolute atomic E-state index is 0.493. The fraction of sp³-hybridized carbons (Fsp3) is 0.533. The number of benzene rings is 1. The van der Waals surface area contributed by atoms with E-state index >= 15 is 0 Å². The van der Waals surface area contributed by atoms with Crippen LogP contribution in [0, 0.1) is 0 Å². The highest BCUT2D eigenvalue weighted by atomic mass is 32.2. The molecule has 0 saturated heterocycles. The van der Waals surface area contributed by atoms with Crippen LogP contribution in [0.5, 0.6) is 0 Å². The number of rotatable bonds is 7. The molecule has 0 saturated carbocycles. The van der Waals surface area contributed by atoms with Crippen LogP contribution in [0.25, 0.3) is 11.0 Å². The lowest BCUT2D eigenvalue weighted by molar-refractivity contribution is 0.577. The number of hydrogen-bond acceptors (Lipinski definition) is 3. The van der Waals surface area contributed by atoms with E-state index < -0.39 is 0 Å². The molecule has 0 amide bonds. The summed E-state index contributed by atoms with van der Waals surface area (Å²) in [5.74, 6) is 3.50. The van der Waals surface area contributed by atoms with Crippen LogP contribution < -0.4 is 5.32 Å². The van der Waals surface area contributed by atoms with Gasteiger partial charge in [0.05, 0.1) is 11.0 Å². The SMILES string of the molecule is CCSCC(Cc1nc2ccccc2n1CC)NC. The predicted octanol–water partition coefficient (Wildman–Crippen LogP) is 2.94. The summed E-state index contributed by atoms with van der Waals surface area (Å²) in [6.07, 6.45) is 0.992. The summed E-state index contributed by atoms with van der Waals surface area (Å²) in [5, 5.41) is 3.41. The van der Waals surface area contributed by atoms with Crippen LogP contribution in [-0.2, 0) is 13.0 Å². The molecule has 2 aromatic rings. The fourth-order valence-corrected chi connectivity index (χ4v) is 3.16. The predicted molar refractivity (Wildman–Crippen MR) is 85.0 cm³/mol. The summed E-state index contributed by atoms with van der Waals surface area (Å²) in [4.78, 5) is 4.79. The minimum atomic E-state index is 0.493. The molecule has 104 valence electrons. The molecule has 0 fully saturated rings. The summed E-state index contributed by atoms with van der Waals surface area (Å²) in [6, 6.07) is 8.89. The first kappa shape index (κ1) is 14.4. The van der Waals surface area contributed by atoms with E-state index in [1.54, 1.807) is 0 Å². The largest absolute Gasteiger partial charge is 0.328 e. The van der Waals surface area contributed by atoms with Crippen molar-refractivity contribution in [1.82, 2.24) is 14.9 Å². The van der Waals surface area contributed by atoms with Crippen molar-refractivity contribution in [2.24, 2.45) is 0 Å². The van der Waals surface area contributed by atoms with Crippen molar-refractivity contribution in [2.75, 3.05) is 18.6 Å². The Bertz CT molecular complexity index is 521. The van der Waals surface area contributed by atoms with Crippen molar-refractivity contribution >= 4 is 22.8 Å². The maximum Gasteiger partial charge on any atom is 0.111 e. The number of nitrogens with zero attached hydrogens (tertiary/aromatic N) is 2. The van der Waals surface area contributed by atoms with Gasteiger partial charge in [-0.3, -0.25) is 0 Å². The quantitative estimate of drug-likeness (QED) is 0.844. The Morgan fingerprint density at radius 3 is 2.79 bits per heavy atom. The van der Waals surface area contributed by atoms with Gasteiger partial charge in [0, 0.05) is 24.8 Å². The zero-order chi connectivity index (χ0) is 13.7. The van der Waals surface area contributed by atoms with Gasteiger partial charge in [-0.1, -0.05) is 19.1 Å². The third kappa shape index (κ3) is 3.31. The maximum absolute atomic E-state index is 4.79. The van der Waals surface area contributed by atoms with E-state index in [9.17, 15) is 0 Å². The topological polar surface area (TPSA) is 29.9 Å². The fourth-order valence-electron chi connectivity index (χ4n) is 2.36. The third-order valence-electron chi connectivity index (χ3n) is 3.41. The molecule has 0 spiro atoms. The molecule has 0 radical (unpaired) electrons. The van der Waals surface area contributed by atoms with E-state index in [0.29, 0.717) is 6.04 Å². The number of aryl methyl sites for hydroxylation is 1. The molecule has 3 nitrogen and oxygen atoms in total. The van der Waals surface area contributed by atoms with Crippen LogP contribution in [0.2, 0.25) is 0 Å². The summed E-state index contributed by atoms with van der Waals surface area (Å²) < 4.78 is 2.33. The van der Waals surface area contributed by atoms with E-state index in [2.05, 4.69) is 48.0 Å². The van der Waals surface area contributed by atoms with Crippen LogP contribution in [0.4, 0.5) is 0 Å². The van der Waals surface area contributed by atoms with Gasteiger partial charge in [0.15, 0.2) is 0 Å². The summed E-state index contributed by atoms with van der Waals surface area (Å²) in [5.41, 5.74) is 2.36. The van der Waals surface area contributed by atoms with Crippen LogP contribution in [0.3, 0.4) is 0 Å². The lowest BCUT2D eigenvalue weighted by Gasteiger charge is -2.15. The van der Waals surface area contributed by atoms with E-state index in [0.717, 1.165) is 24.2 Å². The minimum Gasteiger partial charge on any atom is -0.328 e. The van der Waals surface area contributed by atoms with E-state index in [1.165, 1.54) is 17.1 Å². The van der Waals surface area contributed by atoms with Gasteiger partial charge >= 0.3 is 0 Å². The summed E-state index contributed by atoms with van der Waals surface area (Å²) in [6.45, 7) is 5.37. The number of imidazole rings is 1. The van der Waals surface area contributed by atoms with Gasteiger partial charge in [0.1, 0.15) is 5.82 Å². The highest BCUT2D eigenvalue weighted by molar-refractivity contribution is 7.99. The monoisotopic (exact) mass is 277 g/mol. The number of likely N-dealkylation sites (N-methyl/N-ethyl adjacent to an activating group) is 1. The second kappa shape index (κ2) is 6.96. The van der Waals surface area contributed by atoms with Crippen LogP contribution >= 0.6 is 11.8 Å². The number of aromatic nitrogens is 2. The normalized spacial score (nSPS) is 13.0. The number of thioether (sulfide) groups is 1. The molecule has 19 heavy (non-hydrogen) atoms. The Balaban J connectivity index is 2.23. The molecule has 4 heteroatoms. The van der Waals surface area contributed by atoms with Gasteiger partial charge in [0.2, 0.25) is 0 Å². The molecular weight excluding hydrogens is 254 g/mol. The molecular formula is C15H23N3S. The number of para-hydroxylation sites is 2. The molecule has 0 aliphatic heterocycles.